The summed E-state index contributed by atoms with van der Waals surface area (Å²) in [4.78, 5) is 13.1. The van der Waals surface area contributed by atoms with E-state index < -0.39 is 10.0 Å². The Morgan fingerprint density at radius 2 is 1.85 bits per heavy atom. The lowest BCUT2D eigenvalue weighted by Crippen LogP contribution is -2.29. The monoisotopic (exact) mass is 528 g/mol. The summed E-state index contributed by atoms with van der Waals surface area (Å²) in [6.07, 6.45) is 2.59. The number of rotatable bonds is 8. The quantitative estimate of drug-likeness (QED) is 0.384. The highest BCUT2D eigenvalue weighted by molar-refractivity contribution is 9.10. The molecular formula is C25H25BrN2O4S. The Kier molecular flexibility index (Phi) is 7.05. The van der Waals surface area contributed by atoms with Gasteiger partial charge in [-0.1, -0.05) is 47.5 Å². The number of para-hydroxylation sites is 1. The minimum atomic E-state index is -3.68. The number of fused-ring (bicyclic) bond motifs is 1. The van der Waals surface area contributed by atoms with Gasteiger partial charge in [0, 0.05) is 16.7 Å². The molecule has 1 heterocycles. The molecule has 0 bridgehead atoms. The van der Waals surface area contributed by atoms with Crippen LogP contribution in [0.1, 0.15) is 35.7 Å². The molecule has 0 unspecified atom stereocenters. The lowest BCUT2D eigenvalue weighted by molar-refractivity contribution is 0.102. The molecule has 8 heteroatoms. The lowest BCUT2D eigenvalue weighted by Gasteiger charge is -2.19. The highest BCUT2D eigenvalue weighted by Crippen LogP contribution is 2.33. The maximum absolute atomic E-state index is 13.2. The molecule has 33 heavy (non-hydrogen) atoms. The van der Waals surface area contributed by atoms with Crippen molar-refractivity contribution in [3.05, 3.63) is 82.3 Å². The highest BCUT2D eigenvalue weighted by atomic mass is 79.9. The van der Waals surface area contributed by atoms with Gasteiger partial charge in [0.05, 0.1) is 22.8 Å². The van der Waals surface area contributed by atoms with Crippen molar-refractivity contribution < 1.29 is 17.9 Å². The summed E-state index contributed by atoms with van der Waals surface area (Å²) in [5, 5.41) is 2.83. The molecular weight excluding hydrogens is 504 g/mol. The molecule has 1 amide bonds. The van der Waals surface area contributed by atoms with Gasteiger partial charge in [0.1, 0.15) is 5.75 Å². The lowest BCUT2D eigenvalue weighted by atomic mass is 10.2. The van der Waals surface area contributed by atoms with Gasteiger partial charge in [0.15, 0.2) is 0 Å². The highest BCUT2D eigenvalue weighted by Gasteiger charge is 2.30. The van der Waals surface area contributed by atoms with Crippen molar-refractivity contribution in [1.29, 1.82) is 0 Å². The van der Waals surface area contributed by atoms with E-state index in [1.807, 2.05) is 30.3 Å². The van der Waals surface area contributed by atoms with Crippen LogP contribution >= 0.6 is 15.9 Å². The Bertz CT molecular complexity index is 1260. The first-order chi connectivity index (χ1) is 15.9. The van der Waals surface area contributed by atoms with E-state index >= 15 is 0 Å². The molecule has 1 N–H and O–H groups in total. The van der Waals surface area contributed by atoms with Crippen molar-refractivity contribution in [2.45, 2.75) is 31.1 Å². The molecule has 172 valence electrons. The van der Waals surface area contributed by atoms with E-state index in [-0.39, 0.29) is 10.8 Å². The number of nitrogens with one attached hydrogen (secondary N) is 1. The number of hydrogen-bond donors (Lipinski definition) is 1. The van der Waals surface area contributed by atoms with Gasteiger partial charge in [0.25, 0.3) is 15.9 Å². The van der Waals surface area contributed by atoms with Gasteiger partial charge in [-0.3, -0.25) is 9.10 Å². The van der Waals surface area contributed by atoms with Crippen molar-refractivity contribution in [3.8, 4) is 5.75 Å². The third kappa shape index (κ3) is 5.07. The molecule has 0 spiro atoms. The molecule has 0 aromatic heterocycles. The van der Waals surface area contributed by atoms with Gasteiger partial charge in [-0.25, -0.2) is 8.42 Å². The fraction of sp³-hybridized carbons (Fsp3) is 0.240. The fourth-order valence-electron chi connectivity index (χ4n) is 3.73. The Morgan fingerprint density at radius 1 is 1.09 bits per heavy atom. The zero-order chi connectivity index (χ0) is 23.4. The number of carbonyl (C=O) groups excluding carboxylic acids is 1. The fourth-order valence-corrected chi connectivity index (χ4v) is 5.59. The number of unbranched alkanes of at least 4 members (excludes halogenated alkanes) is 1. The molecule has 1 aliphatic heterocycles. The van der Waals surface area contributed by atoms with E-state index in [2.05, 4.69) is 28.2 Å². The zero-order valence-corrected chi connectivity index (χ0v) is 20.7. The Hall–Kier alpha value is -2.84. The summed E-state index contributed by atoms with van der Waals surface area (Å²) in [5.41, 5.74) is 2.65. The maximum atomic E-state index is 13.2. The number of nitrogens with zero attached hydrogens (tertiary/aromatic N) is 1. The third-order valence-electron chi connectivity index (χ3n) is 5.49. The van der Waals surface area contributed by atoms with E-state index in [1.54, 1.807) is 24.3 Å². The van der Waals surface area contributed by atoms with Gasteiger partial charge in [-0.05, 0) is 66.9 Å². The molecule has 1 aliphatic rings. The second kappa shape index (κ2) is 9.97. The van der Waals surface area contributed by atoms with Crippen LogP contribution in [0.15, 0.2) is 76.1 Å². The van der Waals surface area contributed by atoms with Crippen molar-refractivity contribution in [1.82, 2.24) is 0 Å². The molecule has 0 saturated carbocycles. The van der Waals surface area contributed by atoms with Gasteiger partial charge in [-0.15, -0.1) is 0 Å². The summed E-state index contributed by atoms with van der Waals surface area (Å²) in [5.74, 6) is 0.183. The number of amides is 1. The van der Waals surface area contributed by atoms with E-state index in [0.717, 1.165) is 28.6 Å². The van der Waals surface area contributed by atoms with Crippen LogP contribution in [-0.2, 0) is 16.4 Å². The number of hydrogen-bond acceptors (Lipinski definition) is 4. The van der Waals surface area contributed by atoms with Crippen molar-refractivity contribution >= 4 is 43.2 Å². The standard InChI is InChI=1S/C25H25BrN2O4S/c1-2-3-16-32-24-13-8-19(26)17-22(24)25(29)27-20-9-11-21(12-10-20)33(30,31)28-15-14-18-6-4-5-7-23(18)28/h4-13,17H,2-3,14-16H2,1H3,(H,27,29). The molecule has 0 saturated heterocycles. The largest absolute Gasteiger partial charge is 0.493 e. The van der Waals surface area contributed by atoms with Gasteiger partial charge in [-0.2, -0.15) is 0 Å². The van der Waals surface area contributed by atoms with Crippen LogP contribution in [0.2, 0.25) is 0 Å². The Labute approximate surface area is 202 Å². The van der Waals surface area contributed by atoms with Gasteiger partial charge >= 0.3 is 0 Å². The van der Waals surface area contributed by atoms with E-state index in [1.165, 1.54) is 16.4 Å². The average molecular weight is 529 g/mol. The van der Waals surface area contributed by atoms with E-state index in [9.17, 15) is 13.2 Å². The van der Waals surface area contributed by atoms with Gasteiger partial charge < -0.3 is 10.1 Å². The molecule has 0 atom stereocenters. The molecule has 6 nitrogen and oxygen atoms in total. The molecule has 0 fully saturated rings. The number of benzene rings is 3. The van der Waals surface area contributed by atoms with Crippen molar-refractivity contribution in [3.63, 3.8) is 0 Å². The molecule has 4 rings (SSSR count). The smallest absolute Gasteiger partial charge is 0.264 e. The predicted molar refractivity (Wildman–Crippen MR) is 134 cm³/mol. The first-order valence-corrected chi connectivity index (χ1v) is 13.1. The van der Waals surface area contributed by atoms with Crippen LogP contribution in [0, 0.1) is 0 Å². The number of sulfonamides is 1. The normalized spacial score (nSPS) is 13.0. The van der Waals surface area contributed by atoms with E-state index in [0.29, 0.717) is 36.6 Å². The predicted octanol–water partition coefficient (Wildman–Crippen LogP) is 5.63. The summed E-state index contributed by atoms with van der Waals surface area (Å²) < 4.78 is 34.3. The number of anilines is 2. The van der Waals surface area contributed by atoms with Crippen LogP contribution in [0.5, 0.6) is 5.75 Å². The third-order valence-corrected chi connectivity index (χ3v) is 7.81. The average Bonchev–Trinajstić information content (AvgIpc) is 3.25. The molecule has 0 aliphatic carbocycles. The molecule has 3 aromatic carbocycles. The second-order valence-electron chi connectivity index (χ2n) is 7.78. The first-order valence-electron chi connectivity index (χ1n) is 10.8. The Balaban J connectivity index is 1.51. The van der Waals surface area contributed by atoms with Crippen LogP contribution in [0.4, 0.5) is 11.4 Å². The van der Waals surface area contributed by atoms with Crippen LogP contribution in [0.3, 0.4) is 0 Å². The minimum Gasteiger partial charge on any atom is -0.493 e. The first kappa shape index (κ1) is 23.3. The number of carbonyl (C=O) groups is 1. The molecule has 3 aromatic rings. The second-order valence-corrected chi connectivity index (χ2v) is 10.6. The topological polar surface area (TPSA) is 75.7 Å². The van der Waals surface area contributed by atoms with Crippen molar-refractivity contribution in [2.24, 2.45) is 0 Å². The van der Waals surface area contributed by atoms with Gasteiger partial charge in [0.2, 0.25) is 0 Å². The zero-order valence-electron chi connectivity index (χ0n) is 18.3. The summed E-state index contributed by atoms with van der Waals surface area (Å²) >= 11 is 3.40. The number of ether oxygens (including phenoxy) is 1. The van der Waals surface area contributed by atoms with Crippen molar-refractivity contribution in [2.75, 3.05) is 22.8 Å². The SMILES string of the molecule is CCCCOc1ccc(Br)cc1C(=O)Nc1ccc(S(=O)(=O)N2CCc3ccccc32)cc1. The van der Waals surface area contributed by atoms with E-state index in [4.69, 9.17) is 4.74 Å². The summed E-state index contributed by atoms with van der Waals surface area (Å²) in [6, 6.07) is 19.1. The van der Waals surface area contributed by atoms with Crippen LogP contribution in [0.25, 0.3) is 0 Å². The summed E-state index contributed by atoms with van der Waals surface area (Å²) in [7, 11) is -3.68. The minimum absolute atomic E-state index is 0.184. The Morgan fingerprint density at radius 3 is 2.61 bits per heavy atom. The summed E-state index contributed by atoms with van der Waals surface area (Å²) in [6.45, 7) is 3.03. The maximum Gasteiger partial charge on any atom is 0.264 e. The molecule has 0 radical (unpaired) electrons. The van der Waals surface area contributed by atoms with Crippen LogP contribution < -0.4 is 14.4 Å². The van der Waals surface area contributed by atoms with Crippen LogP contribution in [-0.4, -0.2) is 27.5 Å². The number of halogens is 1.